The molecule has 16 heteroatoms. The van der Waals surface area contributed by atoms with Crippen molar-refractivity contribution >= 4 is 11.9 Å². The first-order chi connectivity index (χ1) is 19.4. The summed E-state index contributed by atoms with van der Waals surface area (Å²) >= 11 is 0. The molecule has 2 aromatic rings. The Morgan fingerprint density at radius 3 is 2.00 bits per heavy atom. The summed E-state index contributed by atoms with van der Waals surface area (Å²) in [6, 6.07) is -0.0493. The summed E-state index contributed by atoms with van der Waals surface area (Å²) in [5, 5.41) is 10.5. The second-order valence-electron chi connectivity index (χ2n) is 10.1. The number of aliphatic hydroxyl groups excluding tert-OH is 1. The van der Waals surface area contributed by atoms with Gasteiger partial charge in [0.25, 0.3) is 0 Å². The fourth-order valence-electron chi connectivity index (χ4n) is 5.11. The lowest BCUT2D eigenvalue weighted by Gasteiger charge is -2.38. The van der Waals surface area contributed by atoms with Crippen molar-refractivity contribution in [2.24, 2.45) is 0 Å². The highest BCUT2D eigenvalue weighted by Crippen LogP contribution is 2.42. The summed E-state index contributed by atoms with van der Waals surface area (Å²) in [6.45, 7) is 2.71. The monoisotopic (exact) mass is 615 g/mol. The molecule has 0 saturated carbocycles. The lowest BCUT2D eigenvalue weighted by molar-refractivity contribution is -0.143. The Bertz CT molecular complexity index is 1260. The number of aliphatic hydroxyl groups is 1. The van der Waals surface area contributed by atoms with Gasteiger partial charge in [-0.15, -0.1) is 0 Å². The highest BCUT2D eigenvalue weighted by atomic mass is 19.4. The van der Waals surface area contributed by atoms with Gasteiger partial charge in [0.05, 0.1) is 29.3 Å². The minimum atomic E-state index is -5.14. The third-order valence-electron chi connectivity index (χ3n) is 7.17. The molecule has 2 aliphatic heterocycles. The molecule has 7 nitrogen and oxygen atoms in total. The molecule has 42 heavy (non-hydrogen) atoms. The van der Waals surface area contributed by atoms with Gasteiger partial charge in [-0.1, -0.05) is 0 Å². The van der Waals surface area contributed by atoms with Crippen LogP contribution < -0.4 is 4.90 Å². The number of halogens is 9. The first kappa shape index (κ1) is 31.7. The molecule has 0 aliphatic carbocycles. The molecule has 232 valence electrons. The minimum Gasteiger partial charge on any atom is -0.439 e. The van der Waals surface area contributed by atoms with E-state index < -0.39 is 71.8 Å². The maximum atomic E-state index is 13.6. The molecule has 2 saturated heterocycles. The van der Waals surface area contributed by atoms with Gasteiger partial charge in [0, 0.05) is 31.0 Å². The van der Waals surface area contributed by atoms with Gasteiger partial charge >= 0.3 is 24.6 Å². The van der Waals surface area contributed by atoms with Crippen LogP contribution in [0, 0.1) is 0 Å². The van der Waals surface area contributed by atoms with Crippen molar-refractivity contribution in [3.63, 3.8) is 0 Å². The normalized spacial score (nSPS) is 21.4. The number of rotatable bonds is 6. The maximum Gasteiger partial charge on any atom is 0.417 e. The zero-order chi connectivity index (χ0) is 31.2. The van der Waals surface area contributed by atoms with E-state index >= 15 is 0 Å². The average Bonchev–Trinajstić information content (AvgIpc) is 3.16. The van der Waals surface area contributed by atoms with Gasteiger partial charge in [-0.25, -0.2) is 9.78 Å². The van der Waals surface area contributed by atoms with E-state index in [1.54, 1.807) is 0 Å². The largest absolute Gasteiger partial charge is 0.439 e. The lowest BCUT2D eigenvalue weighted by Crippen LogP contribution is -2.46. The molecule has 1 aromatic heterocycles. The Morgan fingerprint density at radius 1 is 0.952 bits per heavy atom. The van der Waals surface area contributed by atoms with E-state index in [0.717, 1.165) is 11.0 Å². The number of carbonyl (C=O) groups excluding carboxylic acids is 1. The number of anilines is 1. The van der Waals surface area contributed by atoms with E-state index in [1.165, 1.54) is 18.7 Å². The van der Waals surface area contributed by atoms with Crippen LogP contribution in [0.4, 0.5) is 50.1 Å². The molecule has 3 heterocycles. The Kier molecular flexibility index (Phi) is 8.62. The van der Waals surface area contributed by atoms with Crippen LogP contribution in [-0.2, 0) is 34.5 Å². The highest BCUT2D eigenvalue weighted by Gasteiger charge is 2.44. The van der Waals surface area contributed by atoms with Crippen molar-refractivity contribution in [3.8, 4) is 0 Å². The van der Waals surface area contributed by atoms with Crippen LogP contribution in [0.5, 0.6) is 0 Å². The quantitative estimate of drug-likeness (QED) is 0.294. The molecular weight excluding hydrogens is 589 g/mol. The number of carbonyl (C=O) groups is 1. The molecular formula is C26H26F9N3O4. The number of cyclic esters (lactones) is 1. The number of benzene rings is 1. The second-order valence-corrected chi connectivity index (χ2v) is 10.1. The molecule has 3 atom stereocenters. The molecule has 2 aliphatic rings. The Balaban J connectivity index is 1.73. The molecule has 4 rings (SSSR count). The Hall–Kier alpha value is -3.27. The average molecular weight is 615 g/mol. The van der Waals surface area contributed by atoms with Crippen molar-refractivity contribution < 1.29 is 58.9 Å². The Labute approximate surface area is 233 Å². The number of amides is 1. The van der Waals surface area contributed by atoms with E-state index in [2.05, 4.69) is 4.98 Å². The predicted octanol–water partition coefficient (Wildman–Crippen LogP) is 6.54. The second kappa shape index (κ2) is 11.4. The minimum absolute atomic E-state index is 0.0652. The molecule has 1 aromatic carbocycles. The van der Waals surface area contributed by atoms with Gasteiger partial charge in [-0.3, -0.25) is 4.90 Å². The first-order valence-corrected chi connectivity index (χ1v) is 12.7. The van der Waals surface area contributed by atoms with Crippen LogP contribution in [0.15, 0.2) is 30.5 Å². The smallest absolute Gasteiger partial charge is 0.417 e. The lowest BCUT2D eigenvalue weighted by atomic mass is 9.97. The van der Waals surface area contributed by atoms with Gasteiger partial charge in [0.15, 0.2) is 0 Å². The van der Waals surface area contributed by atoms with E-state index in [9.17, 15) is 49.4 Å². The van der Waals surface area contributed by atoms with Crippen LogP contribution in [0.1, 0.15) is 60.6 Å². The summed E-state index contributed by atoms with van der Waals surface area (Å²) < 4.78 is 132. The fraction of sp³-hybridized carbons (Fsp3) is 0.538. The van der Waals surface area contributed by atoms with Crippen molar-refractivity contribution in [1.29, 1.82) is 0 Å². The van der Waals surface area contributed by atoms with Gasteiger partial charge in [0.2, 0.25) is 0 Å². The number of pyridine rings is 1. The van der Waals surface area contributed by atoms with Crippen LogP contribution in [0.2, 0.25) is 0 Å². The van der Waals surface area contributed by atoms with Crippen LogP contribution >= 0.6 is 0 Å². The van der Waals surface area contributed by atoms with Crippen LogP contribution in [0.25, 0.3) is 0 Å². The number of aromatic nitrogens is 1. The van der Waals surface area contributed by atoms with Gasteiger partial charge in [-0.2, -0.15) is 39.5 Å². The van der Waals surface area contributed by atoms with E-state index in [1.807, 2.05) is 0 Å². The summed E-state index contributed by atoms with van der Waals surface area (Å²) in [5.41, 5.74) is -5.13. The van der Waals surface area contributed by atoms with Crippen LogP contribution in [-0.4, -0.2) is 52.6 Å². The van der Waals surface area contributed by atoms with Crippen molar-refractivity contribution in [3.05, 3.63) is 58.3 Å². The molecule has 1 unspecified atom stereocenters. The molecule has 0 radical (unpaired) electrons. The van der Waals surface area contributed by atoms with Crippen molar-refractivity contribution in [2.45, 2.75) is 76.2 Å². The summed E-state index contributed by atoms with van der Waals surface area (Å²) in [4.78, 5) is 19.1. The standard InChI is InChI=1S/C26H26F9N3O4/c1-13-21(15-7-17(24(27,28)29)10-18(8-15)25(30,31)32)42-23(40)37(13)12-16-9-19(26(33,34)35)11-36-22(16)38(14(2)39)20-3-5-41-6-4-20/h7-11,13-14,20-21,39H,3-6,12H2,1-2H3/t13-,14?,21-/m0/s1. The number of ether oxygens (including phenoxy) is 2. The highest BCUT2D eigenvalue weighted by molar-refractivity contribution is 5.71. The van der Waals surface area contributed by atoms with Crippen LogP contribution in [0.3, 0.4) is 0 Å². The molecule has 1 amide bonds. The molecule has 0 spiro atoms. The van der Waals surface area contributed by atoms with Crippen molar-refractivity contribution in [1.82, 2.24) is 9.88 Å². The zero-order valence-electron chi connectivity index (χ0n) is 22.1. The predicted molar refractivity (Wildman–Crippen MR) is 128 cm³/mol. The number of hydrogen-bond donors (Lipinski definition) is 1. The van der Waals surface area contributed by atoms with E-state index in [4.69, 9.17) is 9.47 Å². The summed E-state index contributed by atoms with van der Waals surface area (Å²) in [6.07, 6.45) is -17.7. The van der Waals surface area contributed by atoms with Gasteiger partial charge < -0.3 is 19.5 Å². The Morgan fingerprint density at radius 2 is 1.50 bits per heavy atom. The number of alkyl halides is 9. The SMILES string of the molecule is CC(O)N(c1ncc(C(F)(F)F)cc1CN1C(=O)O[C@H](c2cc(C(F)(F)F)cc(C(F)(F)F)c2)[C@@H]1C)C1CCOCC1. The maximum absolute atomic E-state index is 13.6. The third kappa shape index (κ3) is 6.69. The molecule has 1 N–H and O–H groups in total. The first-order valence-electron chi connectivity index (χ1n) is 12.7. The molecule has 2 fully saturated rings. The zero-order valence-corrected chi connectivity index (χ0v) is 22.1. The van der Waals surface area contributed by atoms with E-state index in [0.29, 0.717) is 44.4 Å². The summed E-state index contributed by atoms with van der Waals surface area (Å²) in [7, 11) is 0. The molecule has 0 bridgehead atoms. The summed E-state index contributed by atoms with van der Waals surface area (Å²) in [5.74, 6) is -0.0771. The topological polar surface area (TPSA) is 75.1 Å². The van der Waals surface area contributed by atoms with Gasteiger partial charge in [-0.05, 0) is 56.5 Å². The fourth-order valence-corrected chi connectivity index (χ4v) is 5.11. The van der Waals surface area contributed by atoms with E-state index in [-0.39, 0.29) is 23.5 Å². The number of nitrogens with zero attached hydrogens (tertiary/aromatic N) is 3. The number of hydrogen-bond acceptors (Lipinski definition) is 6. The third-order valence-corrected chi connectivity index (χ3v) is 7.17. The van der Waals surface area contributed by atoms with Gasteiger partial charge in [0.1, 0.15) is 18.1 Å². The van der Waals surface area contributed by atoms with Crippen molar-refractivity contribution in [2.75, 3.05) is 18.1 Å².